The summed E-state index contributed by atoms with van der Waals surface area (Å²) in [6, 6.07) is 10.3. The Morgan fingerprint density at radius 2 is 1.47 bits per heavy atom. The normalized spacial score (nSPS) is 15.8. The van der Waals surface area contributed by atoms with Gasteiger partial charge in [0, 0.05) is 0 Å². The van der Waals surface area contributed by atoms with Gasteiger partial charge in [0.1, 0.15) is 0 Å². The molecule has 3 nitrogen and oxygen atoms in total. The summed E-state index contributed by atoms with van der Waals surface area (Å²) < 4.78 is 25.0. The van der Waals surface area contributed by atoms with Gasteiger partial charge in [-0.1, -0.05) is 0 Å². The third kappa shape index (κ3) is 12.5. The molecule has 0 fully saturated rings. The Morgan fingerprint density at radius 3 is 1.97 bits per heavy atom. The summed E-state index contributed by atoms with van der Waals surface area (Å²) >= 11 is -2.43. The molecule has 0 saturated heterocycles. The van der Waals surface area contributed by atoms with Crippen molar-refractivity contribution in [3.63, 3.8) is 0 Å². The van der Waals surface area contributed by atoms with Crippen LogP contribution in [0.5, 0.6) is 0 Å². The summed E-state index contributed by atoms with van der Waals surface area (Å²) in [6.45, 7) is 16.8. The number of hydrogen-bond acceptors (Lipinski definition) is 3. The minimum atomic E-state index is -2.43. The molecule has 1 unspecified atom stereocenters. The van der Waals surface area contributed by atoms with Gasteiger partial charge in [0.2, 0.25) is 0 Å². The molecule has 36 heavy (non-hydrogen) atoms. The first-order valence-electron chi connectivity index (χ1n) is 14.9. The molecule has 0 aromatic heterocycles. The Balaban J connectivity index is 3.05. The van der Waals surface area contributed by atoms with E-state index in [0.29, 0.717) is 19.3 Å². The van der Waals surface area contributed by atoms with Gasteiger partial charge in [-0.05, 0) is 0 Å². The zero-order valence-electron chi connectivity index (χ0n) is 24.8. The van der Waals surface area contributed by atoms with Crippen LogP contribution in [-0.4, -0.2) is 41.5 Å². The van der Waals surface area contributed by atoms with Gasteiger partial charge in [0.05, 0.1) is 0 Å². The maximum atomic E-state index is 7.10. The summed E-state index contributed by atoms with van der Waals surface area (Å²) in [5.41, 5.74) is 0.736. The van der Waals surface area contributed by atoms with E-state index in [1.807, 2.05) is 6.07 Å². The molecule has 0 amide bonds. The molecular formula is C32H58O3Sn. The van der Waals surface area contributed by atoms with Gasteiger partial charge < -0.3 is 0 Å². The topological polar surface area (TPSA) is 27.7 Å². The number of allylic oxidation sites excluding steroid dienone is 1. The van der Waals surface area contributed by atoms with Crippen molar-refractivity contribution in [3.8, 4) is 0 Å². The molecule has 0 spiro atoms. The van der Waals surface area contributed by atoms with Crippen LogP contribution in [-0.2, 0) is 20.8 Å². The molecule has 0 heterocycles. The number of hydrogen-bond donors (Lipinski definition) is 0. The average molecular weight is 610 g/mol. The summed E-state index contributed by atoms with van der Waals surface area (Å²) in [5, 5.41) is 0. The number of rotatable bonds is 22. The van der Waals surface area contributed by atoms with E-state index in [-0.39, 0.29) is 6.10 Å². The fraction of sp³-hybridized carbons (Fsp3) is 0.750. The quantitative estimate of drug-likeness (QED) is 0.0567. The molecular weight excluding hydrogens is 551 g/mol. The van der Waals surface area contributed by atoms with Gasteiger partial charge in [-0.25, -0.2) is 0 Å². The Kier molecular flexibility index (Phi) is 18.4. The minimum absolute atomic E-state index is 0.0306. The second-order valence-electron chi connectivity index (χ2n) is 11.1. The van der Waals surface area contributed by atoms with Crippen LogP contribution in [0, 0.1) is 5.92 Å². The molecule has 3 atom stereocenters. The first-order chi connectivity index (χ1) is 17.4. The van der Waals surface area contributed by atoms with E-state index >= 15 is 0 Å². The molecule has 0 aliphatic rings. The summed E-state index contributed by atoms with van der Waals surface area (Å²) in [6.07, 6.45) is 14.6. The van der Waals surface area contributed by atoms with Gasteiger partial charge in [0.25, 0.3) is 0 Å². The molecule has 208 valence electrons. The van der Waals surface area contributed by atoms with Crippen LogP contribution >= 0.6 is 0 Å². The Morgan fingerprint density at radius 1 is 0.889 bits per heavy atom. The molecule has 0 N–H and O–H groups in total. The molecule has 0 aliphatic carbocycles. The van der Waals surface area contributed by atoms with Crippen LogP contribution in [0.15, 0.2) is 42.5 Å². The molecule has 1 aromatic rings. The fourth-order valence-electron chi connectivity index (χ4n) is 5.47. The number of benzene rings is 1. The summed E-state index contributed by atoms with van der Waals surface area (Å²) in [7, 11) is 0. The van der Waals surface area contributed by atoms with E-state index in [1.165, 1.54) is 57.4 Å². The van der Waals surface area contributed by atoms with Crippen molar-refractivity contribution in [2.24, 2.45) is 5.92 Å². The molecule has 4 heteroatoms. The van der Waals surface area contributed by atoms with E-state index < -0.39 is 24.0 Å². The maximum absolute atomic E-state index is 7.10. The number of unbranched alkanes of at least 4 members (excludes halogenated alkanes) is 3. The molecule has 0 radical (unpaired) electrons. The Hall–Kier alpha value is -0.361. The van der Waals surface area contributed by atoms with E-state index in [4.69, 9.17) is 14.2 Å². The standard InChI is InChI=1S/C20H31O3.3C4H9.Sn/c1-6-11-17(3)19(20(4,21-5)14-7-2)23-16-22-15-18-12-9-8-10-13-18;3*1-3-4-2;/h7-10,12-14,17,19H,5-6,11,15-16H2,1-4H3;3*1,3-4H2,2H3;/b14-7-;;;;/t17-,19+,20?;;;;/m1..../s1. The molecule has 1 aromatic carbocycles. The average Bonchev–Trinajstić information content (AvgIpc) is 2.88. The zero-order chi connectivity index (χ0) is 26.7. The van der Waals surface area contributed by atoms with Crippen LogP contribution in [0.25, 0.3) is 0 Å². The van der Waals surface area contributed by atoms with Crippen molar-refractivity contribution in [1.82, 2.24) is 0 Å². The second-order valence-corrected chi connectivity index (χ2v) is 24.8. The van der Waals surface area contributed by atoms with Gasteiger partial charge in [-0.2, -0.15) is 0 Å². The van der Waals surface area contributed by atoms with Gasteiger partial charge >= 0.3 is 229 Å². The van der Waals surface area contributed by atoms with Gasteiger partial charge in [-0.3, -0.25) is 0 Å². The Bertz CT molecular complexity index is 655. The van der Waals surface area contributed by atoms with Crippen LogP contribution in [0.2, 0.25) is 13.3 Å². The van der Waals surface area contributed by atoms with Crippen molar-refractivity contribution >= 4 is 18.4 Å². The third-order valence-electron chi connectivity index (χ3n) is 7.64. The molecule has 0 aliphatic heterocycles. The van der Waals surface area contributed by atoms with Crippen LogP contribution in [0.3, 0.4) is 0 Å². The third-order valence-corrected chi connectivity index (χ3v) is 21.9. The summed E-state index contributed by atoms with van der Waals surface area (Å²) in [4.78, 5) is 0. The van der Waals surface area contributed by atoms with Crippen molar-refractivity contribution in [2.45, 2.75) is 131 Å². The van der Waals surface area contributed by atoms with Crippen molar-refractivity contribution < 1.29 is 14.2 Å². The van der Waals surface area contributed by atoms with Crippen LogP contribution in [0.4, 0.5) is 0 Å². The summed E-state index contributed by atoms with van der Waals surface area (Å²) in [5.74, 6) is 0.392. The van der Waals surface area contributed by atoms with Crippen LogP contribution < -0.4 is 0 Å². The van der Waals surface area contributed by atoms with E-state index in [1.54, 1.807) is 0 Å². The molecule has 0 bridgehead atoms. The predicted molar refractivity (Wildman–Crippen MR) is 159 cm³/mol. The molecule has 1 rings (SSSR count). The first kappa shape index (κ1) is 33.7. The Labute approximate surface area is 228 Å². The SMILES string of the molecule is C/C=C\C(C)(O[CH2][Sn]([CH2]CCC)([CH2]CCC)[CH2]CCC)[C@@H](OCOCc1ccccc1)[C@H](C)CCC. The van der Waals surface area contributed by atoms with Gasteiger partial charge in [0.15, 0.2) is 0 Å². The second kappa shape index (κ2) is 19.7. The fourth-order valence-corrected chi connectivity index (χ4v) is 20.1. The zero-order valence-corrected chi connectivity index (χ0v) is 27.7. The van der Waals surface area contributed by atoms with Crippen molar-refractivity contribution in [3.05, 3.63) is 48.0 Å². The van der Waals surface area contributed by atoms with E-state index in [2.05, 4.69) is 84.9 Å². The van der Waals surface area contributed by atoms with Gasteiger partial charge in [-0.15, -0.1) is 0 Å². The predicted octanol–water partition coefficient (Wildman–Crippen LogP) is 9.72. The van der Waals surface area contributed by atoms with Crippen molar-refractivity contribution in [1.29, 1.82) is 0 Å². The first-order valence-corrected chi connectivity index (χ1v) is 23.0. The molecule has 0 saturated carbocycles. The number of ether oxygens (including phenoxy) is 3. The van der Waals surface area contributed by atoms with E-state index in [0.717, 1.165) is 17.5 Å². The van der Waals surface area contributed by atoms with Crippen LogP contribution in [0.1, 0.15) is 105 Å². The van der Waals surface area contributed by atoms with Crippen molar-refractivity contribution in [2.75, 3.05) is 11.4 Å². The monoisotopic (exact) mass is 610 g/mol. The van der Waals surface area contributed by atoms with E-state index in [9.17, 15) is 0 Å².